The van der Waals surface area contributed by atoms with Crippen molar-refractivity contribution < 1.29 is 0 Å². The lowest BCUT2D eigenvalue weighted by Gasteiger charge is -2.47. The van der Waals surface area contributed by atoms with E-state index in [2.05, 4.69) is 354 Å². The summed E-state index contributed by atoms with van der Waals surface area (Å²) in [4.78, 5) is 5.34. The molecular weight excluding hydrogens is 1050 g/mol. The number of rotatable bonds is 11. The number of nitrogens with zero attached hydrogens (tertiary/aromatic N) is 3. The highest BCUT2D eigenvalue weighted by Gasteiger charge is 2.51. The molecule has 13 aromatic carbocycles. The highest BCUT2D eigenvalue weighted by Crippen LogP contribution is 2.46. The highest BCUT2D eigenvalue weighted by atomic mass is 28.3. The van der Waals surface area contributed by atoms with Crippen molar-refractivity contribution in [2.45, 2.75) is 0 Å². The zero-order chi connectivity index (χ0) is 55.6. The van der Waals surface area contributed by atoms with Crippen molar-refractivity contribution >= 4 is 137 Å². The molecule has 14 aromatic rings. The van der Waals surface area contributed by atoms with Gasteiger partial charge in [0.1, 0.15) is 0 Å². The van der Waals surface area contributed by atoms with E-state index in [4.69, 9.17) is 0 Å². The fourth-order valence-corrected chi connectivity index (χ4v) is 24.7. The second kappa shape index (κ2) is 20.3. The van der Waals surface area contributed by atoms with Gasteiger partial charge in [0, 0.05) is 44.9 Å². The summed E-state index contributed by atoms with van der Waals surface area (Å²) in [5.41, 5.74) is 14.3. The van der Waals surface area contributed by atoms with Crippen molar-refractivity contribution in [3.8, 4) is 5.69 Å². The number of fused-ring (bicyclic) bond motifs is 7. The van der Waals surface area contributed by atoms with Crippen molar-refractivity contribution in [2.75, 3.05) is 9.80 Å². The maximum Gasteiger partial charge on any atom is 0.252 e. The van der Waals surface area contributed by atoms with Gasteiger partial charge in [-0.2, -0.15) is 0 Å². The molecule has 2 aliphatic heterocycles. The molecule has 394 valence electrons. The molecule has 0 N–H and O–H groups in total. The average Bonchev–Trinajstić information content (AvgIpc) is 3.66. The van der Waals surface area contributed by atoms with Gasteiger partial charge in [-0.15, -0.1) is 0 Å². The van der Waals surface area contributed by atoms with Gasteiger partial charge in [-0.05, 0) is 106 Å². The second-order valence-electron chi connectivity index (χ2n) is 22.2. The molecule has 16 rings (SSSR count). The van der Waals surface area contributed by atoms with Crippen LogP contribution in [0.15, 0.2) is 340 Å². The topological polar surface area (TPSA) is 11.4 Å². The Morgan fingerprint density at radius 1 is 0.250 bits per heavy atom. The summed E-state index contributed by atoms with van der Waals surface area (Å²) in [5.74, 6) is 0. The Hall–Kier alpha value is -10.2. The van der Waals surface area contributed by atoms with E-state index in [-0.39, 0.29) is 6.71 Å². The van der Waals surface area contributed by atoms with Crippen LogP contribution in [0.5, 0.6) is 0 Å². The van der Waals surface area contributed by atoms with E-state index < -0.39 is 16.1 Å². The van der Waals surface area contributed by atoms with Gasteiger partial charge in [-0.25, -0.2) is 0 Å². The smallest absolute Gasteiger partial charge is 0.252 e. The lowest BCUT2D eigenvalue weighted by Crippen LogP contribution is -2.76. The Balaban J connectivity index is 1.08. The van der Waals surface area contributed by atoms with Crippen LogP contribution in [0, 0.1) is 0 Å². The minimum Gasteiger partial charge on any atom is -0.311 e. The number of benzene rings is 13. The SMILES string of the molecule is c1ccc(N2c3cc(-n4c5ccccc5c5ccccc54)cc4c3B(c3ccccc3N4c3ccccc3[Si](c3ccccc3)(c3ccccc3)c3ccccc3)c3cccc([Si](c4ccccc4)(c4ccccc4)c4ccccc4)c32)cc1. The van der Waals surface area contributed by atoms with Crippen molar-refractivity contribution in [1.82, 2.24) is 4.57 Å². The molecule has 0 saturated heterocycles. The van der Waals surface area contributed by atoms with Gasteiger partial charge < -0.3 is 14.4 Å². The first-order valence-electron chi connectivity index (χ1n) is 29.2. The molecule has 84 heavy (non-hydrogen) atoms. The summed E-state index contributed by atoms with van der Waals surface area (Å²) in [6, 6.07) is 129. The number of hydrogen-bond acceptors (Lipinski definition) is 2. The van der Waals surface area contributed by atoms with E-state index in [1.807, 2.05) is 0 Å². The molecule has 2 aliphatic rings. The van der Waals surface area contributed by atoms with Crippen LogP contribution < -0.4 is 67.7 Å². The molecule has 0 radical (unpaired) electrons. The molecular formula is C78H56BN3Si2. The standard InChI is InChI=1S/C78H56BN3Si2/c1-8-31-57(32-9-1)81-73-55-58(80-69-49-25-22-45-65(69)66-46-23-26-50-70(66)80)56-74-77(73)79(68-48-30-54-76(78(68)81)84(62-39-16-5-17-40-62,63-41-18-6-19-42-63)64-43-20-7-21-44-64)67-47-24-27-51-71(67)82(74)72-52-28-29-53-75(72)83(59-33-10-2-11-34-59,60-35-12-3-13-36-60)61-37-14-4-15-38-61/h1-56H. The lowest BCUT2D eigenvalue weighted by molar-refractivity contribution is 1.16. The molecule has 0 spiro atoms. The largest absolute Gasteiger partial charge is 0.311 e. The Kier molecular flexibility index (Phi) is 12.0. The molecule has 0 fully saturated rings. The number of anilines is 6. The van der Waals surface area contributed by atoms with E-state index in [0.29, 0.717) is 0 Å². The maximum absolute atomic E-state index is 3.19. The molecule has 0 unspecified atom stereocenters. The molecule has 3 heterocycles. The molecule has 0 saturated carbocycles. The van der Waals surface area contributed by atoms with Crippen LogP contribution in [-0.4, -0.2) is 27.4 Å². The second-order valence-corrected chi connectivity index (χ2v) is 29.8. The normalized spacial score (nSPS) is 12.7. The molecule has 0 amide bonds. The van der Waals surface area contributed by atoms with E-state index in [1.54, 1.807) is 0 Å². The predicted octanol–water partition coefficient (Wildman–Crippen LogP) is 11.6. The van der Waals surface area contributed by atoms with Crippen LogP contribution in [0.4, 0.5) is 34.1 Å². The Labute approximate surface area is 493 Å². The quantitative estimate of drug-likeness (QED) is 0.0945. The summed E-state index contributed by atoms with van der Waals surface area (Å²) < 4.78 is 2.53. The Bertz CT molecular complexity index is 4460. The van der Waals surface area contributed by atoms with Crippen LogP contribution in [0.1, 0.15) is 0 Å². The summed E-state index contributed by atoms with van der Waals surface area (Å²) >= 11 is 0. The molecule has 0 aliphatic carbocycles. The van der Waals surface area contributed by atoms with Gasteiger partial charge in [-0.3, -0.25) is 0 Å². The fourth-order valence-electron chi connectivity index (χ4n) is 14.8. The van der Waals surface area contributed by atoms with Crippen LogP contribution in [-0.2, 0) is 0 Å². The van der Waals surface area contributed by atoms with Gasteiger partial charge in [-0.1, -0.05) is 291 Å². The Morgan fingerprint density at radius 2 is 0.607 bits per heavy atom. The molecule has 0 bridgehead atoms. The van der Waals surface area contributed by atoms with E-state index in [1.165, 1.54) is 96.8 Å². The Morgan fingerprint density at radius 3 is 1.10 bits per heavy atom. The molecule has 0 atom stereocenters. The number of hydrogen-bond donors (Lipinski definition) is 0. The van der Waals surface area contributed by atoms with Gasteiger partial charge in [0.05, 0.1) is 16.7 Å². The fraction of sp³-hybridized carbons (Fsp3) is 0. The number of para-hydroxylation sites is 6. The highest BCUT2D eigenvalue weighted by molar-refractivity contribution is 7.21. The van der Waals surface area contributed by atoms with Gasteiger partial charge in [0.15, 0.2) is 16.1 Å². The van der Waals surface area contributed by atoms with Crippen LogP contribution in [0.25, 0.3) is 27.5 Å². The molecule has 6 heteroatoms. The van der Waals surface area contributed by atoms with Crippen LogP contribution in [0.2, 0.25) is 0 Å². The molecule has 3 nitrogen and oxygen atoms in total. The third-order valence-corrected chi connectivity index (χ3v) is 27.7. The van der Waals surface area contributed by atoms with Crippen LogP contribution >= 0.6 is 0 Å². The summed E-state index contributed by atoms with van der Waals surface area (Å²) in [5, 5.41) is 13.1. The maximum atomic E-state index is 2.67. The summed E-state index contributed by atoms with van der Waals surface area (Å²) in [6.07, 6.45) is 0. The van der Waals surface area contributed by atoms with Gasteiger partial charge in [0.2, 0.25) is 0 Å². The minimum atomic E-state index is -3.19. The average molecular weight is 1100 g/mol. The van der Waals surface area contributed by atoms with Gasteiger partial charge in [0.25, 0.3) is 6.71 Å². The first-order valence-corrected chi connectivity index (χ1v) is 33.2. The van der Waals surface area contributed by atoms with Gasteiger partial charge >= 0.3 is 0 Å². The third-order valence-electron chi connectivity index (χ3n) is 18.0. The zero-order valence-electron chi connectivity index (χ0n) is 46.3. The minimum absolute atomic E-state index is 0.148. The van der Waals surface area contributed by atoms with E-state index in [0.717, 1.165) is 22.7 Å². The number of aromatic nitrogens is 1. The van der Waals surface area contributed by atoms with Crippen molar-refractivity contribution in [1.29, 1.82) is 0 Å². The van der Waals surface area contributed by atoms with Crippen molar-refractivity contribution in [3.63, 3.8) is 0 Å². The molecule has 1 aromatic heterocycles. The summed E-state index contributed by atoms with van der Waals surface area (Å²) in [7, 11) is -6.32. The monoisotopic (exact) mass is 1100 g/mol. The summed E-state index contributed by atoms with van der Waals surface area (Å²) in [6.45, 7) is -0.148. The van der Waals surface area contributed by atoms with Crippen molar-refractivity contribution in [2.24, 2.45) is 0 Å². The lowest BCUT2D eigenvalue weighted by atomic mass is 9.33. The predicted molar refractivity (Wildman–Crippen MR) is 362 cm³/mol. The first-order chi connectivity index (χ1) is 41.7. The third kappa shape index (κ3) is 7.44. The zero-order valence-corrected chi connectivity index (χ0v) is 48.3. The van der Waals surface area contributed by atoms with Crippen molar-refractivity contribution in [3.05, 3.63) is 340 Å². The van der Waals surface area contributed by atoms with E-state index in [9.17, 15) is 0 Å². The van der Waals surface area contributed by atoms with Crippen LogP contribution in [0.3, 0.4) is 0 Å². The first kappa shape index (κ1) is 49.6. The van der Waals surface area contributed by atoms with E-state index >= 15 is 0 Å².